The van der Waals surface area contributed by atoms with E-state index in [1.165, 1.54) is 24.4 Å². The standard InChI is InChI=1S/C20H31N3O3S2/c1-15-11-16(2)14-22(13-15)20(24)17(3)27-19-8-7-18(12-21-19)28(25,26)23-9-5-4-6-10-23/h7-8,12,15-17H,4-6,9-11,13-14H2,1-3H3. The number of amides is 1. The van der Waals surface area contributed by atoms with Gasteiger partial charge in [-0.2, -0.15) is 4.31 Å². The summed E-state index contributed by atoms with van der Waals surface area (Å²) < 4.78 is 27.0. The van der Waals surface area contributed by atoms with E-state index in [9.17, 15) is 13.2 Å². The molecule has 2 saturated heterocycles. The lowest BCUT2D eigenvalue weighted by Crippen LogP contribution is -2.45. The van der Waals surface area contributed by atoms with Gasteiger partial charge in [0.2, 0.25) is 15.9 Å². The number of pyridine rings is 1. The normalized spacial score (nSPS) is 25.5. The van der Waals surface area contributed by atoms with Gasteiger partial charge < -0.3 is 4.90 Å². The Bertz CT molecular complexity index is 766. The number of hydrogen-bond donors (Lipinski definition) is 0. The molecule has 8 heteroatoms. The van der Waals surface area contributed by atoms with Crippen molar-refractivity contribution in [2.45, 2.75) is 61.6 Å². The summed E-state index contributed by atoms with van der Waals surface area (Å²) in [6.07, 6.45) is 5.50. The summed E-state index contributed by atoms with van der Waals surface area (Å²) in [6, 6.07) is 3.33. The number of likely N-dealkylation sites (tertiary alicyclic amines) is 1. The minimum Gasteiger partial charge on any atom is -0.341 e. The summed E-state index contributed by atoms with van der Waals surface area (Å²) in [5.74, 6) is 1.19. The number of sulfonamides is 1. The minimum atomic E-state index is -3.47. The minimum absolute atomic E-state index is 0.134. The number of rotatable bonds is 5. The fraction of sp³-hybridized carbons (Fsp3) is 0.700. The molecule has 6 nitrogen and oxygen atoms in total. The van der Waals surface area contributed by atoms with Crippen LogP contribution in [0.5, 0.6) is 0 Å². The average Bonchev–Trinajstić information content (AvgIpc) is 2.67. The van der Waals surface area contributed by atoms with E-state index in [1.54, 1.807) is 16.4 Å². The molecule has 3 atom stereocenters. The number of carbonyl (C=O) groups excluding carboxylic acids is 1. The van der Waals surface area contributed by atoms with E-state index in [-0.39, 0.29) is 16.1 Å². The molecule has 2 fully saturated rings. The van der Waals surface area contributed by atoms with E-state index >= 15 is 0 Å². The van der Waals surface area contributed by atoms with E-state index < -0.39 is 10.0 Å². The molecule has 1 aromatic rings. The second kappa shape index (κ2) is 9.13. The number of piperidine rings is 2. The van der Waals surface area contributed by atoms with Gasteiger partial charge in [0.1, 0.15) is 4.90 Å². The van der Waals surface area contributed by atoms with Gasteiger partial charge in [-0.1, -0.05) is 32.0 Å². The SMILES string of the molecule is CC1CC(C)CN(C(=O)C(C)Sc2ccc(S(=O)(=O)N3CCCCC3)cn2)C1. The highest BCUT2D eigenvalue weighted by molar-refractivity contribution is 8.00. The van der Waals surface area contributed by atoms with Gasteiger partial charge in [-0.25, -0.2) is 13.4 Å². The van der Waals surface area contributed by atoms with Crippen molar-refractivity contribution in [1.29, 1.82) is 0 Å². The molecule has 3 heterocycles. The second-order valence-electron chi connectivity index (χ2n) is 8.25. The van der Waals surface area contributed by atoms with Crippen LogP contribution in [0.3, 0.4) is 0 Å². The largest absolute Gasteiger partial charge is 0.341 e. The summed E-state index contributed by atoms with van der Waals surface area (Å²) in [5, 5.41) is 0.436. The van der Waals surface area contributed by atoms with Gasteiger partial charge in [-0.15, -0.1) is 0 Å². The molecule has 3 rings (SSSR count). The molecule has 0 spiro atoms. The van der Waals surface area contributed by atoms with Crippen LogP contribution in [0.25, 0.3) is 0 Å². The van der Waals surface area contributed by atoms with Crippen LogP contribution in [0.2, 0.25) is 0 Å². The van der Waals surface area contributed by atoms with Crippen molar-refractivity contribution in [3.8, 4) is 0 Å². The number of carbonyl (C=O) groups is 1. The third-order valence-corrected chi connectivity index (χ3v) is 8.41. The molecule has 156 valence electrons. The Morgan fingerprint density at radius 2 is 1.79 bits per heavy atom. The van der Waals surface area contributed by atoms with Gasteiger partial charge in [0, 0.05) is 32.4 Å². The van der Waals surface area contributed by atoms with Gasteiger partial charge in [-0.3, -0.25) is 4.79 Å². The first-order valence-corrected chi connectivity index (χ1v) is 12.5. The lowest BCUT2D eigenvalue weighted by atomic mass is 9.92. The quantitative estimate of drug-likeness (QED) is 0.677. The average molecular weight is 426 g/mol. The van der Waals surface area contributed by atoms with E-state index in [0.29, 0.717) is 30.0 Å². The van der Waals surface area contributed by atoms with Gasteiger partial charge in [0.15, 0.2) is 0 Å². The summed E-state index contributed by atoms with van der Waals surface area (Å²) in [6.45, 7) is 9.07. The number of hydrogen-bond acceptors (Lipinski definition) is 5. The molecule has 0 N–H and O–H groups in total. The Kier molecular flexibility index (Phi) is 7.04. The monoisotopic (exact) mass is 425 g/mol. The molecule has 2 aliphatic heterocycles. The summed E-state index contributed by atoms with van der Waals surface area (Å²) >= 11 is 1.39. The molecule has 28 heavy (non-hydrogen) atoms. The van der Waals surface area contributed by atoms with Crippen molar-refractivity contribution >= 4 is 27.7 Å². The number of thioether (sulfide) groups is 1. The molecule has 0 saturated carbocycles. The van der Waals surface area contributed by atoms with Crippen LogP contribution in [0.15, 0.2) is 28.3 Å². The molecule has 0 aliphatic carbocycles. The fourth-order valence-electron chi connectivity index (χ4n) is 4.17. The predicted octanol–water partition coefficient (Wildman–Crippen LogP) is 3.24. The maximum absolute atomic E-state index is 12.8. The van der Waals surface area contributed by atoms with Crippen LogP contribution in [-0.2, 0) is 14.8 Å². The first-order chi connectivity index (χ1) is 13.3. The zero-order valence-corrected chi connectivity index (χ0v) is 18.6. The van der Waals surface area contributed by atoms with Crippen LogP contribution >= 0.6 is 11.8 Å². The summed E-state index contributed by atoms with van der Waals surface area (Å²) in [5.41, 5.74) is 0. The van der Waals surface area contributed by atoms with Crippen LogP contribution in [0.4, 0.5) is 0 Å². The predicted molar refractivity (Wildman–Crippen MR) is 112 cm³/mol. The third-order valence-electron chi connectivity index (χ3n) is 5.49. The lowest BCUT2D eigenvalue weighted by molar-refractivity contribution is -0.132. The van der Waals surface area contributed by atoms with Gasteiger partial charge in [0.25, 0.3) is 0 Å². The van der Waals surface area contributed by atoms with Crippen molar-refractivity contribution in [3.05, 3.63) is 18.3 Å². The van der Waals surface area contributed by atoms with Crippen molar-refractivity contribution in [2.75, 3.05) is 26.2 Å². The maximum Gasteiger partial charge on any atom is 0.244 e. The summed E-state index contributed by atoms with van der Waals surface area (Å²) in [4.78, 5) is 19.3. The molecule has 1 aromatic heterocycles. The van der Waals surface area contributed by atoms with E-state index in [2.05, 4.69) is 18.8 Å². The molecule has 2 aliphatic rings. The van der Waals surface area contributed by atoms with Crippen molar-refractivity contribution in [2.24, 2.45) is 11.8 Å². The topological polar surface area (TPSA) is 70.6 Å². The van der Waals surface area contributed by atoms with E-state index in [4.69, 9.17) is 0 Å². The number of nitrogens with zero attached hydrogens (tertiary/aromatic N) is 3. The van der Waals surface area contributed by atoms with Gasteiger partial charge in [0.05, 0.1) is 10.3 Å². The van der Waals surface area contributed by atoms with Crippen molar-refractivity contribution < 1.29 is 13.2 Å². The Balaban J connectivity index is 1.62. The highest BCUT2D eigenvalue weighted by atomic mass is 32.2. The van der Waals surface area contributed by atoms with Crippen molar-refractivity contribution in [3.63, 3.8) is 0 Å². The molecular formula is C20H31N3O3S2. The highest BCUT2D eigenvalue weighted by Gasteiger charge is 2.29. The Morgan fingerprint density at radius 3 is 2.36 bits per heavy atom. The second-order valence-corrected chi connectivity index (χ2v) is 11.5. The molecular weight excluding hydrogens is 394 g/mol. The fourth-order valence-corrected chi connectivity index (χ4v) is 6.51. The Morgan fingerprint density at radius 1 is 1.14 bits per heavy atom. The number of aromatic nitrogens is 1. The lowest BCUT2D eigenvalue weighted by Gasteiger charge is -2.36. The van der Waals surface area contributed by atoms with Crippen molar-refractivity contribution in [1.82, 2.24) is 14.2 Å². The zero-order chi connectivity index (χ0) is 20.3. The Hall–Kier alpha value is -1.12. The van der Waals surface area contributed by atoms with Gasteiger partial charge >= 0.3 is 0 Å². The Labute approximate surface area is 173 Å². The molecule has 0 aromatic carbocycles. The maximum atomic E-state index is 12.8. The first kappa shape index (κ1) is 21.6. The van der Waals surface area contributed by atoms with Crippen LogP contribution in [0, 0.1) is 11.8 Å². The highest BCUT2D eigenvalue weighted by Crippen LogP contribution is 2.28. The van der Waals surface area contributed by atoms with Crippen LogP contribution in [-0.4, -0.2) is 59.9 Å². The smallest absolute Gasteiger partial charge is 0.244 e. The molecule has 0 radical (unpaired) electrons. The molecule has 0 bridgehead atoms. The first-order valence-electron chi connectivity index (χ1n) is 10.2. The van der Waals surface area contributed by atoms with E-state index in [1.807, 2.05) is 11.8 Å². The van der Waals surface area contributed by atoms with Gasteiger partial charge in [-0.05, 0) is 50.2 Å². The third kappa shape index (κ3) is 5.07. The summed E-state index contributed by atoms with van der Waals surface area (Å²) in [7, 11) is -3.47. The molecule has 3 unspecified atom stereocenters. The molecule has 1 amide bonds. The zero-order valence-electron chi connectivity index (χ0n) is 17.0. The van der Waals surface area contributed by atoms with Crippen LogP contribution < -0.4 is 0 Å². The van der Waals surface area contributed by atoms with Crippen LogP contribution in [0.1, 0.15) is 46.5 Å². The van der Waals surface area contributed by atoms with E-state index in [0.717, 1.165) is 32.4 Å².